The molecule has 0 aliphatic carbocycles. The molecule has 0 radical (unpaired) electrons. The summed E-state index contributed by atoms with van der Waals surface area (Å²) in [6, 6.07) is 6.80. The smallest absolute Gasteiger partial charge is 0.0373 e. The van der Waals surface area contributed by atoms with E-state index in [9.17, 15) is 0 Å². The molecular formula is C16H26N2. The van der Waals surface area contributed by atoms with Crippen molar-refractivity contribution in [3.05, 3.63) is 29.3 Å². The lowest BCUT2D eigenvalue weighted by molar-refractivity contribution is 0.520. The fraction of sp³-hybridized carbons (Fsp3) is 0.625. The Morgan fingerprint density at radius 2 is 2.17 bits per heavy atom. The highest BCUT2D eigenvalue weighted by atomic mass is 14.9. The summed E-state index contributed by atoms with van der Waals surface area (Å²) in [6.45, 7) is 7.84. The van der Waals surface area contributed by atoms with Crippen LogP contribution in [0.5, 0.6) is 0 Å². The van der Waals surface area contributed by atoms with Crippen LogP contribution < -0.4 is 10.6 Å². The molecule has 2 N–H and O–H groups in total. The van der Waals surface area contributed by atoms with Gasteiger partial charge in [0.1, 0.15) is 0 Å². The molecule has 0 amide bonds. The summed E-state index contributed by atoms with van der Waals surface area (Å²) in [4.78, 5) is 0. The van der Waals surface area contributed by atoms with Crippen LogP contribution in [0.4, 0.5) is 5.69 Å². The first-order valence-corrected chi connectivity index (χ1v) is 7.32. The van der Waals surface area contributed by atoms with Gasteiger partial charge in [0.25, 0.3) is 0 Å². The topological polar surface area (TPSA) is 24.1 Å². The van der Waals surface area contributed by atoms with Gasteiger partial charge in [-0.1, -0.05) is 38.8 Å². The van der Waals surface area contributed by atoms with Crippen molar-refractivity contribution in [2.75, 3.05) is 18.4 Å². The van der Waals surface area contributed by atoms with Crippen LogP contribution in [-0.2, 0) is 13.0 Å². The Balaban J connectivity index is 1.65. The molecule has 2 heteroatoms. The van der Waals surface area contributed by atoms with Gasteiger partial charge in [0.15, 0.2) is 0 Å². The molecule has 2 nitrogen and oxygen atoms in total. The van der Waals surface area contributed by atoms with Gasteiger partial charge in [-0.25, -0.2) is 0 Å². The van der Waals surface area contributed by atoms with Gasteiger partial charge in [0.05, 0.1) is 0 Å². The molecule has 0 saturated carbocycles. The van der Waals surface area contributed by atoms with Crippen LogP contribution in [0.1, 0.15) is 44.2 Å². The van der Waals surface area contributed by atoms with Crippen molar-refractivity contribution >= 4 is 5.69 Å². The van der Waals surface area contributed by atoms with Crippen molar-refractivity contribution < 1.29 is 0 Å². The minimum absolute atomic E-state index is 0.842. The zero-order valence-corrected chi connectivity index (χ0v) is 11.8. The Hall–Kier alpha value is -1.02. The molecule has 0 atom stereocenters. The molecular weight excluding hydrogens is 220 g/mol. The first kappa shape index (κ1) is 13.4. The van der Waals surface area contributed by atoms with E-state index < -0.39 is 0 Å². The van der Waals surface area contributed by atoms with Gasteiger partial charge in [-0.15, -0.1) is 0 Å². The maximum absolute atomic E-state index is 3.55. The molecule has 1 heterocycles. The maximum Gasteiger partial charge on any atom is 0.0373 e. The highest BCUT2D eigenvalue weighted by Gasteiger charge is 2.09. The number of benzene rings is 1. The van der Waals surface area contributed by atoms with E-state index in [0.717, 1.165) is 25.6 Å². The second-order valence-corrected chi connectivity index (χ2v) is 5.73. The van der Waals surface area contributed by atoms with Crippen LogP contribution in [0.2, 0.25) is 0 Å². The third-order valence-corrected chi connectivity index (χ3v) is 3.59. The van der Waals surface area contributed by atoms with Crippen molar-refractivity contribution in [3.63, 3.8) is 0 Å². The lowest BCUT2D eigenvalue weighted by Gasteiger charge is -2.08. The summed E-state index contributed by atoms with van der Waals surface area (Å²) in [5.74, 6) is 0.842. The molecule has 0 saturated heterocycles. The molecule has 0 unspecified atom stereocenters. The Kier molecular flexibility index (Phi) is 5.06. The average Bonchev–Trinajstić information content (AvgIpc) is 2.80. The molecule has 18 heavy (non-hydrogen) atoms. The highest BCUT2D eigenvalue weighted by molar-refractivity contribution is 5.56. The quantitative estimate of drug-likeness (QED) is 0.719. The van der Waals surface area contributed by atoms with Gasteiger partial charge in [-0.05, 0) is 42.5 Å². The van der Waals surface area contributed by atoms with Gasteiger partial charge >= 0.3 is 0 Å². The van der Waals surface area contributed by atoms with Crippen LogP contribution in [0, 0.1) is 5.92 Å². The number of unbranched alkanes of at least 4 members (excludes halogenated alkanes) is 1. The molecule has 1 aliphatic rings. The molecule has 1 aromatic rings. The molecule has 0 fully saturated rings. The van der Waals surface area contributed by atoms with E-state index in [-0.39, 0.29) is 0 Å². The van der Waals surface area contributed by atoms with Crippen molar-refractivity contribution in [1.82, 2.24) is 5.32 Å². The van der Waals surface area contributed by atoms with Gasteiger partial charge in [-0.2, -0.15) is 0 Å². The van der Waals surface area contributed by atoms with E-state index in [1.54, 1.807) is 0 Å². The second kappa shape index (κ2) is 6.79. The minimum Gasteiger partial charge on any atom is -0.384 e. The number of hydrogen-bond acceptors (Lipinski definition) is 2. The lowest BCUT2D eigenvalue weighted by Crippen LogP contribution is -2.14. The summed E-state index contributed by atoms with van der Waals surface area (Å²) in [5.41, 5.74) is 4.23. The Morgan fingerprint density at radius 3 is 3.00 bits per heavy atom. The van der Waals surface area contributed by atoms with E-state index in [4.69, 9.17) is 0 Å². The maximum atomic E-state index is 3.55. The van der Waals surface area contributed by atoms with Crippen LogP contribution in [0.3, 0.4) is 0 Å². The van der Waals surface area contributed by atoms with E-state index in [1.165, 1.54) is 42.5 Å². The fourth-order valence-corrected chi connectivity index (χ4v) is 2.50. The van der Waals surface area contributed by atoms with Gasteiger partial charge in [0, 0.05) is 18.8 Å². The Morgan fingerprint density at radius 1 is 1.28 bits per heavy atom. The molecule has 100 valence electrons. The summed E-state index contributed by atoms with van der Waals surface area (Å²) in [7, 11) is 0. The molecule has 2 rings (SSSR count). The van der Waals surface area contributed by atoms with Crippen molar-refractivity contribution in [2.45, 2.75) is 46.1 Å². The molecule has 1 aromatic carbocycles. The van der Waals surface area contributed by atoms with E-state index >= 15 is 0 Å². The SMILES string of the molecule is CC(C)CCCCNCc1ccc2c(c1)CCN2. The first-order chi connectivity index (χ1) is 8.75. The van der Waals surface area contributed by atoms with E-state index in [2.05, 4.69) is 42.7 Å². The number of anilines is 1. The first-order valence-electron chi connectivity index (χ1n) is 7.32. The number of nitrogens with one attached hydrogen (secondary N) is 2. The lowest BCUT2D eigenvalue weighted by atomic mass is 10.1. The summed E-state index contributed by atoms with van der Waals surface area (Å²) < 4.78 is 0. The fourth-order valence-electron chi connectivity index (χ4n) is 2.50. The van der Waals surface area contributed by atoms with Gasteiger partial charge < -0.3 is 10.6 Å². The van der Waals surface area contributed by atoms with E-state index in [0.29, 0.717) is 0 Å². The largest absolute Gasteiger partial charge is 0.384 e. The van der Waals surface area contributed by atoms with Crippen LogP contribution in [0.15, 0.2) is 18.2 Å². The van der Waals surface area contributed by atoms with E-state index in [1.807, 2.05) is 0 Å². The predicted octanol–water partition coefficient (Wildman–Crippen LogP) is 3.57. The Bertz CT molecular complexity index is 371. The normalized spacial score (nSPS) is 13.7. The highest BCUT2D eigenvalue weighted by Crippen LogP contribution is 2.22. The van der Waals surface area contributed by atoms with Crippen LogP contribution in [-0.4, -0.2) is 13.1 Å². The molecule has 0 aromatic heterocycles. The zero-order chi connectivity index (χ0) is 12.8. The molecule has 1 aliphatic heterocycles. The monoisotopic (exact) mass is 246 g/mol. The van der Waals surface area contributed by atoms with Crippen molar-refractivity contribution in [1.29, 1.82) is 0 Å². The van der Waals surface area contributed by atoms with Crippen LogP contribution in [0.25, 0.3) is 0 Å². The second-order valence-electron chi connectivity index (χ2n) is 5.73. The summed E-state index contributed by atoms with van der Waals surface area (Å²) in [5, 5.41) is 6.95. The molecule has 0 spiro atoms. The van der Waals surface area contributed by atoms with Crippen LogP contribution >= 0.6 is 0 Å². The Labute approximate surface area is 111 Å². The summed E-state index contributed by atoms with van der Waals surface area (Å²) >= 11 is 0. The zero-order valence-electron chi connectivity index (χ0n) is 11.8. The number of rotatable bonds is 7. The van der Waals surface area contributed by atoms with Gasteiger partial charge in [0.2, 0.25) is 0 Å². The predicted molar refractivity (Wildman–Crippen MR) is 79.0 cm³/mol. The third-order valence-electron chi connectivity index (χ3n) is 3.59. The number of fused-ring (bicyclic) bond motifs is 1. The van der Waals surface area contributed by atoms with Crippen molar-refractivity contribution in [3.8, 4) is 0 Å². The van der Waals surface area contributed by atoms with Gasteiger partial charge in [-0.3, -0.25) is 0 Å². The third kappa shape index (κ3) is 4.02. The summed E-state index contributed by atoms with van der Waals surface area (Å²) in [6.07, 6.45) is 5.17. The minimum atomic E-state index is 0.842. The number of hydrogen-bond donors (Lipinski definition) is 2. The average molecular weight is 246 g/mol. The van der Waals surface area contributed by atoms with Crippen molar-refractivity contribution in [2.24, 2.45) is 5.92 Å². The molecule has 0 bridgehead atoms. The standard InChI is InChI=1S/C16H26N2/c1-13(2)5-3-4-9-17-12-14-6-7-16-15(11-14)8-10-18-16/h6-7,11,13,17-18H,3-5,8-10,12H2,1-2H3.